The largest absolute Gasteiger partial charge is 0.387 e. The predicted molar refractivity (Wildman–Crippen MR) is 92.1 cm³/mol. The predicted octanol–water partition coefficient (Wildman–Crippen LogP) is 3.94. The summed E-state index contributed by atoms with van der Waals surface area (Å²) in [6, 6.07) is 12.2. The minimum atomic E-state index is -0.891. The maximum Gasteiger partial charge on any atom is 0.253 e. The number of benzene rings is 2. The molecule has 3 aromatic rings. The van der Waals surface area contributed by atoms with Crippen molar-refractivity contribution in [3.63, 3.8) is 0 Å². The first kappa shape index (κ1) is 15.9. The summed E-state index contributed by atoms with van der Waals surface area (Å²) in [7, 11) is 0. The third-order valence-corrected chi connectivity index (χ3v) is 3.99. The first-order chi connectivity index (χ1) is 11.0. The first-order valence-corrected chi connectivity index (χ1v) is 7.78. The number of hydrogen-bond acceptors (Lipinski definition) is 2. The molecular weight excluding hydrogens is 335 g/mol. The molecule has 118 valence electrons. The van der Waals surface area contributed by atoms with Gasteiger partial charge in [-0.1, -0.05) is 35.3 Å². The standard InChI is InChI=1S/C17H14Cl2N2O2/c18-12-6-11(7-13(19)8-12)15(22)9-21-17(23)14-3-1-2-10-4-5-20-16(10)14/h1-8,15,20,22H,9H2,(H,21,23). The van der Waals surface area contributed by atoms with Crippen LogP contribution in [0.15, 0.2) is 48.7 Å². The van der Waals surface area contributed by atoms with Crippen LogP contribution in [0.25, 0.3) is 10.9 Å². The van der Waals surface area contributed by atoms with Gasteiger partial charge in [-0.15, -0.1) is 0 Å². The topological polar surface area (TPSA) is 65.1 Å². The van der Waals surface area contributed by atoms with Crippen LogP contribution in [0.2, 0.25) is 10.0 Å². The lowest BCUT2D eigenvalue weighted by Crippen LogP contribution is -2.28. The van der Waals surface area contributed by atoms with Crippen molar-refractivity contribution in [1.82, 2.24) is 10.3 Å². The van der Waals surface area contributed by atoms with Crippen molar-refractivity contribution in [2.75, 3.05) is 6.54 Å². The average Bonchev–Trinajstić information content (AvgIpc) is 2.99. The highest BCUT2D eigenvalue weighted by atomic mass is 35.5. The average molecular weight is 349 g/mol. The third-order valence-electron chi connectivity index (χ3n) is 3.56. The summed E-state index contributed by atoms with van der Waals surface area (Å²) in [6.45, 7) is 0.0621. The van der Waals surface area contributed by atoms with Gasteiger partial charge >= 0.3 is 0 Å². The van der Waals surface area contributed by atoms with E-state index in [1.165, 1.54) is 0 Å². The second-order valence-electron chi connectivity index (χ2n) is 5.18. The summed E-state index contributed by atoms with van der Waals surface area (Å²) >= 11 is 11.8. The molecule has 0 aliphatic carbocycles. The molecule has 1 heterocycles. The van der Waals surface area contributed by atoms with Gasteiger partial charge < -0.3 is 15.4 Å². The smallest absolute Gasteiger partial charge is 0.253 e. The molecule has 0 spiro atoms. The summed E-state index contributed by atoms with van der Waals surface area (Å²) in [6.07, 6.45) is 0.891. The Balaban J connectivity index is 1.72. The van der Waals surface area contributed by atoms with Crippen LogP contribution < -0.4 is 5.32 Å². The van der Waals surface area contributed by atoms with E-state index >= 15 is 0 Å². The summed E-state index contributed by atoms with van der Waals surface area (Å²) in [4.78, 5) is 15.4. The highest BCUT2D eigenvalue weighted by Gasteiger charge is 2.14. The van der Waals surface area contributed by atoms with Crippen LogP contribution in [0.1, 0.15) is 22.0 Å². The maximum absolute atomic E-state index is 12.3. The molecule has 3 rings (SSSR count). The molecule has 0 fully saturated rings. The summed E-state index contributed by atoms with van der Waals surface area (Å²) in [5.74, 6) is -0.259. The lowest BCUT2D eigenvalue weighted by atomic mass is 10.1. The Morgan fingerprint density at radius 3 is 2.65 bits per heavy atom. The Labute approximate surface area is 143 Å². The summed E-state index contributed by atoms with van der Waals surface area (Å²) in [5, 5.41) is 14.8. The van der Waals surface area contributed by atoms with Gasteiger partial charge in [0.1, 0.15) is 0 Å². The molecule has 1 aromatic heterocycles. The minimum absolute atomic E-state index is 0.0621. The van der Waals surface area contributed by atoms with Gasteiger partial charge in [0.05, 0.1) is 17.2 Å². The Hall–Kier alpha value is -2.01. The van der Waals surface area contributed by atoms with Gasteiger partial charge in [-0.2, -0.15) is 0 Å². The molecule has 2 aromatic carbocycles. The Kier molecular flexibility index (Phi) is 4.57. The van der Waals surface area contributed by atoms with Crippen molar-refractivity contribution in [3.8, 4) is 0 Å². The molecule has 1 amide bonds. The molecule has 4 nitrogen and oxygen atoms in total. The number of halogens is 2. The van der Waals surface area contributed by atoms with Crippen molar-refractivity contribution in [1.29, 1.82) is 0 Å². The Bertz CT molecular complexity index is 840. The van der Waals surface area contributed by atoms with Gasteiger partial charge in [-0.25, -0.2) is 0 Å². The first-order valence-electron chi connectivity index (χ1n) is 7.03. The normalized spacial score (nSPS) is 12.3. The number of hydrogen-bond donors (Lipinski definition) is 3. The Morgan fingerprint density at radius 1 is 1.17 bits per heavy atom. The fraction of sp³-hybridized carbons (Fsp3) is 0.118. The monoisotopic (exact) mass is 348 g/mol. The van der Waals surface area contributed by atoms with E-state index in [-0.39, 0.29) is 12.5 Å². The number of aromatic amines is 1. The highest BCUT2D eigenvalue weighted by Crippen LogP contribution is 2.23. The van der Waals surface area contributed by atoms with E-state index in [1.54, 1.807) is 30.5 Å². The Morgan fingerprint density at radius 2 is 1.91 bits per heavy atom. The van der Waals surface area contributed by atoms with Crippen molar-refractivity contribution < 1.29 is 9.90 Å². The minimum Gasteiger partial charge on any atom is -0.387 e. The molecule has 0 saturated carbocycles. The van der Waals surface area contributed by atoms with E-state index in [9.17, 15) is 9.90 Å². The van der Waals surface area contributed by atoms with Crippen LogP contribution in [0.3, 0.4) is 0 Å². The number of aliphatic hydroxyl groups is 1. The maximum atomic E-state index is 12.3. The molecular formula is C17H14Cl2N2O2. The van der Waals surface area contributed by atoms with Crippen molar-refractivity contribution >= 4 is 40.0 Å². The molecule has 0 aliphatic heterocycles. The van der Waals surface area contributed by atoms with Crippen LogP contribution in [-0.2, 0) is 0 Å². The fourth-order valence-corrected chi connectivity index (χ4v) is 2.99. The van der Waals surface area contributed by atoms with Crippen LogP contribution in [-0.4, -0.2) is 22.5 Å². The van der Waals surface area contributed by atoms with E-state index in [4.69, 9.17) is 23.2 Å². The molecule has 23 heavy (non-hydrogen) atoms. The highest BCUT2D eigenvalue weighted by molar-refractivity contribution is 6.34. The molecule has 0 aliphatic rings. The molecule has 0 bridgehead atoms. The van der Waals surface area contributed by atoms with E-state index in [1.807, 2.05) is 18.2 Å². The number of nitrogens with one attached hydrogen (secondary N) is 2. The zero-order valence-corrected chi connectivity index (χ0v) is 13.5. The number of H-pyrrole nitrogens is 1. The number of carbonyl (C=O) groups excluding carboxylic acids is 1. The number of aromatic nitrogens is 1. The zero-order valence-electron chi connectivity index (χ0n) is 12.0. The number of carbonyl (C=O) groups is 1. The summed E-state index contributed by atoms with van der Waals surface area (Å²) < 4.78 is 0. The van der Waals surface area contributed by atoms with Crippen molar-refractivity contribution in [2.24, 2.45) is 0 Å². The van der Waals surface area contributed by atoms with Crippen LogP contribution in [0.5, 0.6) is 0 Å². The number of amides is 1. The third kappa shape index (κ3) is 3.50. The lowest BCUT2D eigenvalue weighted by molar-refractivity contribution is 0.0918. The fourth-order valence-electron chi connectivity index (χ4n) is 2.44. The van der Waals surface area contributed by atoms with Gasteiger partial charge in [0.15, 0.2) is 0 Å². The number of para-hydroxylation sites is 1. The van der Waals surface area contributed by atoms with E-state index in [0.717, 1.165) is 10.9 Å². The second-order valence-corrected chi connectivity index (χ2v) is 6.05. The van der Waals surface area contributed by atoms with Crippen LogP contribution in [0.4, 0.5) is 0 Å². The molecule has 6 heteroatoms. The SMILES string of the molecule is O=C(NCC(O)c1cc(Cl)cc(Cl)c1)c1cccc2cc[nH]c12. The molecule has 1 atom stereocenters. The van der Waals surface area contributed by atoms with Gasteiger partial charge in [-0.3, -0.25) is 4.79 Å². The zero-order chi connectivity index (χ0) is 16.4. The second kappa shape index (κ2) is 6.62. The number of rotatable bonds is 4. The lowest BCUT2D eigenvalue weighted by Gasteiger charge is -2.13. The van der Waals surface area contributed by atoms with Gasteiger partial charge in [0, 0.05) is 28.2 Å². The van der Waals surface area contributed by atoms with Crippen LogP contribution in [0, 0.1) is 0 Å². The molecule has 1 unspecified atom stereocenters. The number of aliphatic hydroxyl groups excluding tert-OH is 1. The van der Waals surface area contributed by atoms with Crippen molar-refractivity contribution in [2.45, 2.75) is 6.10 Å². The van der Waals surface area contributed by atoms with Gasteiger partial charge in [0.2, 0.25) is 0 Å². The van der Waals surface area contributed by atoms with E-state index in [2.05, 4.69) is 10.3 Å². The molecule has 0 saturated heterocycles. The molecule has 0 radical (unpaired) electrons. The van der Waals surface area contributed by atoms with E-state index < -0.39 is 6.10 Å². The van der Waals surface area contributed by atoms with Gasteiger partial charge in [0.25, 0.3) is 5.91 Å². The van der Waals surface area contributed by atoms with Gasteiger partial charge in [-0.05, 0) is 35.9 Å². The van der Waals surface area contributed by atoms with Crippen molar-refractivity contribution in [3.05, 3.63) is 69.8 Å². The molecule has 3 N–H and O–H groups in total. The number of fused-ring (bicyclic) bond motifs is 1. The summed E-state index contributed by atoms with van der Waals surface area (Å²) in [5.41, 5.74) is 1.86. The quantitative estimate of drug-likeness (QED) is 0.668. The van der Waals surface area contributed by atoms with Crippen LogP contribution >= 0.6 is 23.2 Å². The van der Waals surface area contributed by atoms with E-state index in [0.29, 0.717) is 21.2 Å².